The van der Waals surface area contributed by atoms with E-state index in [4.69, 9.17) is 0 Å². The second-order valence-corrected chi connectivity index (χ2v) is 8.00. The molecule has 0 saturated carbocycles. The highest BCUT2D eigenvalue weighted by atomic mass is 32.2. The minimum Gasteiger partial charge on any atom is -0.297 e. The summed E-state index contributed by atoms with van der Waals surface area (Å²) >= 11 is 3.50. The van der Waals surface area contributed by atoms with Gasteiger partial charge in [0.15, 0.2) is 16.6 Å². The normalized spacial score (nSPS) is 16.3. The molecule has 3 aromatic heterocycles. The highest BCUT2D eigenvalue weighted by molar-refractivity contribution is 8.00. The van der Waals surface area contributed by atoms with Crippen molar-refractivity contribution in [1.82, 2.24) is 34.5 Å². The highest BCUT2D eigenvalue weighted by Gasteiger charge is 2.28. The lowest BCUT2D eigenvalue weighted by Crippen LogP contribution is -2.11. The van der Waals surface area contributed by atoms with E-state index in [0.717, 1.165) is 44.1 Å². The summed E-state index contributed by atoms with van der Waals surface area (Å²) in [6, 6.07) is 10.6. The van der Waals surface area contributed by atoms with Crippen LogP contribution in [0.5, 0.6) is 0 Å². The molecule has 0 saturated heterocycles. The van der Waals surface area contributed by atoms with E-state index in [1.807, 2.05) is 31.4 Å². The van der Waals surface area contributed by atoms with Crippen LogP contribution in [-0.2, 0) is 7.05 Å². The first kappa shape index (κ1) is 15.8. The van der Waals surface area contributed by atoms with Crippen molar-refractivity contribution >= 4 is 34.6 Å². The number of hydrogen-bond acceptors (Lipinski definition) is 7. The molecule has 0 spiro atoms. The Morgan fingerprint density at radius 2 is 2.08 bits per heavy atom. The molecule has 0 bridgehead atoms. The summed E-state index contributed by atoms with van der Waals surface area (Å²) in [5.74, 6) is 2.84. The lowest BCUT2D eigenvalue weighted by Gasteiger charge is -2.14. The second kappa shape index (κ2) is 6.40. The van der Waals surface area contributed by atoms with Crippen LogP contribution in [0.3, 0.4) is 0 Å². The molecular weight excluding hydrogens is 366 g/mol. The quantitative estimate of drug-likeness (QED) is 0.397. The Morgan fingerprint density at radius 3 is 2.96 bits per heavy atom. The zero-order valence-corrected chi connectivity index (χ0v) is 15.6. The van der Waals surface area contributed by atoms with Gasteiger partial charge in [-0.15, -0.1) is 22.0 Å². The number of nitrogens with zero attached hydrogens (tertiary/aromatic N) is 7. The summed E-state index contributed by atoms with van der Waals surface area (Å²) in [5.41, 5.74) is 1.96. The number of thioether (sulfide) groups is 2. The summed E-state index contributed by atoms with van der Waals surface area (Å²) < 4.78 is 4.03. The van der Waals surface area contributed by atoms with Crippen LogP contribution < -0.4 is 0 Å². The van der Waals surface area contributed by atoms with E-state index in [9.17, 15) is 0 Å². The van der Waals surface area contributed by atoms with E-state index in [2.05, 4.69) is 42.0 Å². The van der Waals surface area contributed by atoms with Gasteiger partial charge in [0.05, 0.1) is 17.6 Å². The molecule has 1 aromatic carbocycles. The van der Waals surface area contributed by atoms with Gasteiger partial charge in [-0.05, 0) is 0 Å². The Balaban J connectivity index is 1.43. The van der Waals surface area contributed by atoms with E-state index >= 15 is 0 Å². The summed E-state index contributed by atoms with van der Waals surface area (Å²) in [4.78, 5) is 8.77. The van der Waals surface area contributed by atoms with Crippen LogP contribution in [0.15, 0.2) is 53.0 Å². The molecule has 1 aliphatic heterocycles. The van der Waals surface area contributed by atoms with Gasteiger partial charge in [0.2, 0.25) is 0 Å². The molecule has 0 amide bonds. The molecule has 130 valence electrons. The smallest absolute Gasteiger partial charge is 0.191 e. The lowest BCUT2D eigenvalue weighted by atomic mass is 10.2. The number of aryl methyl sites for hydroxylation is 1. The summed E-state index contributed by atoms with van der Waals surface area (Å²) in [7, 11) is 1.90. The molecule has 4 aromatic rings. The molecule has 0 aliphatic carbocycles. The van der Waals surface area contributed by atoms with Gasteiger partial charge in [-0.2, -0.15) is 5.10 Å². The average Bonchev–Trinajstić information content (AvgIpc) is 3.37. The Labute approximate surface area is 158 Å². The topological polar surface area (TPSA) is 74.3 Å². The molecule has 7 nitrogen and oxygen atoms in total. The van der Waals surface area contributed by atoms with E-state index in [1.165, 1.54) is 0 Å². The fourth-order valence-electron chi connectivity index (χ4n) is 3.09. The van der Waals surface area contributed by atoms with Gasteiger partial charge in [-0.1, -0.05) is 42.1 Å². The molecule has 0 unspecified atom stereocenters. The van der Waals surface area contributed by atoms with E-state index in [1.54, 1.807) is 34.5 Å². The van der Waals surface area contributed by atoms with Gasteiger partial charge >= 0.3 is 0 Å². The van der Waals surface area contributed by atoms with Crippen molar-refractivity contribution in [3.8, 4) is 11.4 Å². The second-order valence-electron chi connectivity index (χ2n) is 6.00. The van der Waals surface area contributed by atoms with E-state index in [-0.39, 0.29) is 0 Å². The third-order valence-corrected chi connectivity index (χ3v) is 6.61. The number of rotatable bonds is 4. The molecule has 1 aliphatic rings. The van der Waals surface area contributed by atoms with Crippen molar-refractivity contribution in [2.45, 2.75) is 16.2 Å². The minimum absolute atomic E-state index is 0.326. The zero-order chi connectivity index (χ0) is 17.5. The molecule has 0 radical (unpaired) electrons. The number of hydrogen-bond donors (Lipinski definition) is 0. The molecule has 5 rings (SSSR count). The summed E-state index contributed by atoms with van der Waals surface area (Å²) in [6.07, 6.45) is 3.44. The molecule has 4 heterocycles. The van der Waals surface area contributed by atoms with Crippen molar-refractivity contribution in [1.29, 1.82) is 0 Å². The van der Waals surface area contributed by atoms with Gasteiger partial charge in [0, 0.05) is 24.1 Å². The Bertz CT molecular complexity index is 1070. The van der Waals surface area contributed by atoms with Crippen LogP contribution in [0.4, 0.5) is 0 Å². The predicted octanol–water partition coefficient (Wildman–Crippen LogP) is 3.06. The van der Waals surface area contributed by atoms with E-state index < -0.39 is 0 Å². The fraction of sp³-hybridized carbons (Fsp3) is 0.235. The van der Waals surface area contributed by atoms with Gasteiger partial charge in [-0.25, -0.2) is 9.97 Å². The molecule has 1 atom stereocenters. The average molecular weight is 381 g/mol. The van der Waals surface area contributed by atoms with Gasteiger partial charge in [0.1, 0.15) is 11.4 Å². The van der Waals surface area contributed by atoms with Crippen molar-refractivity contribution in [2.24, 2.45) is 7.05 Å². The first-order chi connectivity index (χ1) is 12.8. The number of aromatic nitrogens is 7. The molecular formula is C17H15N7S2. The van der Waals surface area contributed by atoms with Crippen LogP contribution in [-0.4, -0.2) is 46.0 Å². The van der Waals surface area contributed by atoms with Crippen molar-refractivity contribution in [3.05, 3.63) is 42.9 Å². The van der Waals surface area contributed by atoms with Crippen molar-refractivity contribution in [2.75, 3.05) is 11.5 Å². The van der Waals surface area contributed by atoms with E-state index in [0.29, 0.717) is 6.04 Å². The monoisotopic (exact) mass is 381 g/mol. The molecule has 0 fully saturated rings. The first-order valence-corrected chi connectivity index (χ1v) is 10.2. The van der Waals surface area contributed by atoms with Crippen LogP contribution in [0.1, 0.15) is 6.04 Å². The molecule has 9 heteroatoms. The molecule has 26 heavy (non-hydrogen) atoms. The Hall–Kier alpha value is -2.39. The van der Waals surface area contributed by atoms with Crippen molar-refractivity contribution < 1.29 is 0 Å². The number of fused-ring (bicyclic) bond motifs is 2. The third kappa shape index (κ3) is 2.58. The summed E-state index contributed by atoms with van der Waals surface area (Å²) in [5, 5.41) is 16.0. The Kier molecular flexibility index (Phi) is 3.90. The third-order valence-electron chi connectivity index (χ3n) is 4.37. The van der Waals surface area contributed by atoms with Crippen LogP contribution in [0.2, 0.25) is 0 Å². The number of benzene rings is 1. The molecule has 0 N–H and O–H groups in total. The highest BCUT2D eigenvalue weighted by Crippen LogP contribution is 2.39. The maximum Gasteiger partial charge on any atom is 0.191 e. The van der Waals surface area contributed by atoms with Crippen LogP contribution >= 0.6 is 23.5 Å². The lowest BCUT2D eigenvalue weighted by molar-refractivity contribution is 0.597. The maximum absolute atomic E-state index is 4.46. The van der Waals surface area contributed by atoms with Gasteiger partial charge < -0.3 is 0 Å². The minimum atomic E-state index is 0.326. The van der Waals surface area contributed by atoms with Gasteiger partial charge in [0.25, 0.3) is 0 Å². The Morgan fingerprint density at radius 1 is 1.19 bits per heavy atom. The zero-order valence-electron chi connectivity index (χ0n) is 14.0. The fourth-order valence-corrected chi connectivity index (χ4v) is 5.36. The maximum atomic E-state index is 4.46. The summed E-state index contributed by atoms with van der Waals surface area (Å²) in [6.45, 7) is 0. The van der Waals surface area contributed by atoms with Crippen LogP contribution in [0.25, 0.3) is 22.4 Å². The standard InChI is InChI=1S/C17H15N7S2/c1-23-15-13(7-20-23)16(19-10-18-15)25-8-12-9-26-17-22-21-14(24(12)17)11-5-3-2-4-6-11/h2-7,10,12H,8-9H2,1H3/t12-/m1/s1. The van der Waals surface area contributed by atoms with Crippen molar-refractivity contribution in [3.63, 3.8) is 0 Å². The SMILES string of the molecule is Cn1ncc2c(SC[C@@H]3CSc4nnc(-c5ccccc5)n43)ncnc21. The first-order valence-electron chi connectivity index (χ1n) is 8.20. The van der Waals surface area contributed by atoms with Crippen LogP contribution in [0, 0.1) is 0 Å². The largest absolute Gasteiger partial charge is 0.297 e. The van der Waals surface area contributed by atoms with Gasteiger partial charge in [-0.3, -0.25) is 9.25 Å². The predicted molar refractivity (Wildman–Crippen MR) is 102 cm³/mol.